The van der Waals surface area contributed by atoms with E-state index >= 15 is 0 Å². The number of amides is 3. The van der Waals surface area contributed by atoms with Crippen molar-refractivity contribution in [1.82, 2.24) is 10.0 Å². The van der Waals surface area contributed by atoms with E-state index in [-0.39, 0.29) is 18.5 Å². The van der Waals surface area contributed by atoms with Crippen LogP contribution in [0, 0.1) is 0 Å². The van der Waals surface area contributed by atoms with Gasteiger partial charge in [-0.1, -0.05) is 82.7 Å². The number of nitrogens with zero attached hydrogens (tertiary/aromatic N) is 6. The summed E-state index contributed by atoms with van der Waals surface area (Å²) in [6, 6.07) is 22.6. The van der Waals surface area contributed by atoms with Gasteiger partial charge in [0.05, 0.1) is 17.4 Å². The summed E-state index contributed by atoms with van der Waals surface area (Å²) in [7, 11) is 0. The number of carbonyl (C=O) groups is 3. The monoisotopic (exact) mass is 584 g/mol. The van der Waals surface area contributed by atoms with Crippen molar-refractivity contribution in [3.8, 4) is 0 Å². The lowest BCUT2D eigenvalue weighted by Crippen LogP contribution is -2.44. The second-order valence-corrected chi connectivity index (χ2v) is 10.6. The molecule has 0 radical (unpaired) electrons. The Bertz CT molecular complexity index is 1490. The summed E-state index contributed by atoms with van der Waals surface area (Å²) in [6.45, 7) is 1.81. The van der Waals surface area contributed by atoms with Gasteiger partial charge in [-0.15, -0.1) is 0 Å². The van der Waals surface area contributed by atoms with Crippen LogP contribution in [0.4, 0.5) is 5.69 Å². The minimum absolute atomic E-state index is 0.229. The predicted molar refractivity (Wildman–Crippen MR) is 149 cm³/mol. The molecule has 0 aliphatic carbocycles. The number of aryl methyl sites for hydroxylation is 1. The van der Waals surface area contributed by atoms with Crippen LogP contribution in [0.15, 0.2) is 98.8 Å². The second kappa shape index (κ2) is 10.2. The molecule has 0 bridgehead atoms. The predicted octanol–water partition coefficient (Wildman–Crippen LogP) is 4.68. The lowest BCUT2D eigenvalue weighted by Gasteiger charge is -2.25. The van der Waals surface area contributed by atoms with Crippen molar-refractivity contribution >= 4 is 45.1 Å². The summed E-state index contributed by atoms with van der Waals surface area (Å²) in [5.41, 5.74) is 4.27. The Morgan fingerprint density at radius 1 is 0.949 bits per heavy atom. The van der Waals surface area contributed by atoms with Gasteiger partial charge in [0.2, 0.25) is 0 Å². The first-order chi connectivity index (χ1) is 18.9. The lowest BCUT2D eigenvalue weighted by atomic mass is 9.98. The number of hydrogen-bond donors (Lipinski definition) is 0. The molecule has 3 aromatic carbocycles. The number of imide groups is 1. The average Bonchev–Trinajstić information content (AvgIpc) is 3.65. The SMILES string of the molecule is CCc1ccc(N2C(=O)[C@@H]3N=NN(CC(=O)N4N=C(c5ccc(Br)cc5)C[C@H]4c4ccccc4)[C@H]3C2=O)cc1. The summed E-state index contributed by atoms with van der Waals surface area (Å²) in [4.78, 5) is 41.3. The third-order valence-electron chi connectivity index (χ3n) is 7.29. The van der Waals surface area contributed by atoms with Gasteiger partial charge in [-0.05, 0) is 47.4 Å². The first-order valence-corrected chi connectivity index (χ1v) is 13.6. The van der Waals surface area contributed by atoms with E-state index < -0.39 is 23.9 Å². The molecule has 3 aliphatic rings. The first-order valence-electron chi connectivity index (χ1n) is 12.8. The highest BCUT2D eigenvalue weighted by Gasteiger charge is 2.55. The van der Waals surface area contributed by atoms with Gasteiger partial charge in [-0.2, -0.15) is 10.2 Å². The van der Waals surface area contributed by atoms with Crippen LogP contribution in [-0.2, 0) is 20.8 Å². The average molecular weight is 585 g/mol. The molecule has 10 heteroatoms. The van der Waals surface area contributed by atoms with Gasteiger partial charge in [0, 0.05) is 10.9 Å². The molecule has 0 aromatic heterocycles. The van der Waals surface area contributed by atoms with Gasteiger partial charge in [0.15, 0.2) is 12.1 Å². The zero-order valence-electron chi connectivity index (χ0n) is 21.1. The van der Waals surface area contributed by atoms with Crippen molar-refractivity contribution < 1.29 is 14.4 Å². The van der Waals surface area contributed by atoms with Crippen molar-refractivity contribution in [2.24, 2.45) is 15.4 Å². The molecule has 3 amide bonds. The van der Waals surface area contributed by atoms with Gasteiger partial charge in [0.25, 0.3) is 17.7 Å². The first kappa shape index (κ1) is 25.1. The number of rotatable bonds is 6. The summed E-state index contributed by atoms with van der Waals surface area (Å²) < 4.78 is 0.956. The molecule has 3 aliphatic heterocycles. The normalized spacial score (nSPS) is 22.1. The third-order valence-corrected chi connectivity index (χ3v) is 7.81. The number of benzene rings is 3. The van der Waals surface area contributed by atoms with Crippen molar-refractivity contribution in [2.75, 3.05) is 11.4 Å². The van der Waals surface area contributed by atoms with Crippen molar-refractivity contribution in [2.45, 2.75) is 37.9 Å². The highest BCUT2D eigenvalue weighted by Crippen LogP contribution is 2.35. The topological polar surface area (TPSA) is 98.0 Å². The fourth-order valence-corrected chi connectivity index (χ4v) is 5.46. The van der Waals surface area contributed by atoms with Gasteiger partial charge in [-0.25, -0.2) is 9.91 Å². The van der Waals surface area contributed by atoms with Crippen molar-refractivity contribution in [3.63, 3.8) is 0 Å². The highest BCUT2D eigenvalue weighted by molar-refractivity contribution is 9.10. The zero-order valence-corrected chi connectivity index (χ0v) is 22.7. The quantitative estimate of drug-likeness (QED) is 0.393. The Morgan fingerprint density at radius 2 is 1.67 bits per heavy atom. The third kappa shape index (κ3) is 4.54. The second-order valence-electron chi connectivity index (χ2n) is 9.65. The van der Waals surface area contributed by atoms with Gasteiger partial charge in [-0.3, -0.25) is 19.4 Å². The van der Waals surface area contributed by atoms with Gasteiger partial charge < -0.3 is 0 Å². The van der Waals surface area contributed by atoms with E-state index in [9.17, 15) is 14.4 Å². The van der Waals surface area contributed by atoms with E-state index in [1.54, 1.807) is 12.1 Å². The summed E-state index contributed by atoms with van der Waals surface area (Å²) >= 11 is 3.46. The van der Waals surface area contributed by atoms with Crippen LogP contribution in [0.2, 0.25) is 0 Å². The van der Waals surface area contributed by atoms with Crippen LogP contribution in [0.1, 0.15) is 36.1 Å². The molecule has 6 rings (SSSR count). The van der Waals surface area contributed by atoms with Crippen molar-refractivity contribution in [3.05, 3.63) is 100 Å². The van der Waals surface area contributed by atoms with Crippen molar-refractivity contribution in [1.29, 1.82) is 0 Å². The van der Waals surface area contributed by atoms with Crippen LogP contribution < -0.4 is 4.90 Å². The molecule has 39 heavy (non-hydrogen) atoms. The lowest BCUT2D eigenvalue weighted by molar-refractivity contribution is -0.135. The van der Waals surface area contributed by atoms with E-state index in [0.29, 0.717) is 12.1 Å². The zero-order chi connectivity index (χ0) is 27.1. The van der Waals surface area contributed by atoms with Crippen LogP contribution >= 0.6 is 15.9 Å². The van der Waals surface area contributed by atoms with E-state index in [1.165, 1.54) is 10.0 Å². The summed E-state index contributed by atoms with van der Waals surface area (Å²) in [5.74, 6) is -1.21. The number of halogens is 1. The van der Waals surface area contributed by atoms with Gasteiger partial charge in [0.1, 0.15) is 6.54 Å². The highest BCUT2D eigenvalue weighted by atomic mass is 79.9. The Labute approximate surface area is 233 Å². The number of fused-ring (bicyclic) bond motifs is 1. The minimum Gasteiger partial charge on any atom is -0.271 e. The molecule has 196 valence electrons. The molecule has 3 heterocycles. The number of hydrazone groups is 1. The minimum atomic E-state index is -0.971. The molecular formula is C29H25BrN6O3. The molecule has 0 saturated carbocycles. The molecule has 0 unspecified atom stereocenters. The summed E-state index contributed by atoms with van der Waals surface area (Å²) in [5, 5.41) is 15.6. The Kier molecular flexibility index (Phi) is 6.56. The largest absolute Gasteiger partial charge is 0.271 e. The number of hydrogen-bond acceptors (Lipinski definition) is 7. The maximum atomic E-state index is 13.7. The van der Waals surface area contributed by atoms with Crippen LogP contribution in [0.3, 0.4) is 0 Å². The molecule has 9 nitrogen and oxygen atoms in total. The molecular weight excluding hydrogens is 560 g/mol. The Morgan fingerprint density at radius 3 is 2.36 bits per heavy atom. The molecule has 3 atom stereocenters. The molecule has 1 saturated heterocycles. The molecule has 0 N–H and O–H groups in total. The molecule has 1 fully saturated rings. The summed E-state index contributed by atoms with van der Waals surface area (Å²) in [6.07, 6.45) is 1.40. The standard InChI is InChI=1S/C29H25BrN6O3/c1-2-18-8-14-22(15-9-18)35-28(38)26-27(29(35)39)34(33-31-26)17-25(37)36-24(20-6-4-3-5-7-20)16-23(32-36)19-10-12-21(30)13-11-19/h3-15,24,26-27H,2,16-17H2,1H3/t24-,26+,27+/m0/s1. The maximum absolute atomic E-state index is 13.7. The molecule has 0 spiro atoms. The molecule has 3 aromatic rings. The number of carbonyl (C=O) groups excluding carboxylic acids is 3. The smallest absolute Gasteiger partial charge is 0.264 e. The fraction of sp³-hybridized carbons (Fsp3) is 0.241. The van der Waals surface area contributed by atoms with Crippen LogP contribution in [0.25, 0.3) is 0 Å². The van der Waals surface area contributed by atoms with E-state index in [1.807, 2.05) is 73.7 Å². The van der Waals surface area contributed by atoms with Crippen LogP contribution in [-0.4, -0.2) is 52.1 Å². The van der Waals surface area contributed by atoms with Gasteiger partial charge >= 0.3 is 0 Å². The Balaban J connectivity index is 1.24. The number of anilines is 1. The van der Waals surface area contributed by atoms with Crippen LogP contribution in [0.5, 0.6) is 0 Å². The fourth-order valence-electron chi connectivity index (χ4n) is 5.19. The van der Waals surface area contributed by atoms with E-state index in [4.69, 9.17) is 5.10 Å². The van der Waals surface area contributed by atoms with E-state index in [0.717, 1.165) is 38.2 Å². The maximum Gasteiger partial charge on any atom is 0.264 e. The Hall–Kier alpha value is -4.18. The van der Waals surface area contributed by atoms with E-state index in [2.05, 4.69) is 26.3 Å².